The van der Waals surface area contributed by atoms with Crippen LogP contribution in [0, 0.1) is 13.8 Å². The van der Waals surface area contributed by atoms with E-state index in [1.807, 2.05) is 7.05 Å². The minimum absolute atomic E-state index is 0. The second-order valence-corrected chi connectivity index (χ2v) is 4.90. The topological polar surface area (TPSA) is 24.4 Å². The number of nitrogens with zero attached hydrogens (tertiary/aromatic N) is 1. The second-order valence-electron chi connectivity index (χ2n) is 3.82. The lowest BCUT2D eigenvalue weighted by Gasteiger charge is -2.11. The van der Waals surface area contributed by atoms with Crippen molar-refractivity contribution in [2.75, 3.05) is 18.1 Å². The van der Waals surface area contributed by atoms with Gasteiger partial charge >= 0.3 is 0 Å². The largest absolute Gasteiger partial charge is 0.335 e. The van der Waals surface area contributed by atoms with Crippen molar-refractivity contribution in [2.45, 2.75) is 27.2 Å². The van der Waals surface area contributed by atoms with Gasteiger partial charge in [0.25, 0.3) is 0 Å². The van der Waals surface area contributed by atoms with Gasteiger partial charge in [0.1, 0.15) is 0 Å². The van der Waals surface area contributed by atoms with Crippen molar-refractivity contribution in [3.63, 3.8) is 0 Å². The Labute approximate surface area is 126 Å². The summed E-state index contributed by atoms with van der Waals surface area (Å²) < 4.78 is 0. The van der Waals surface area contributed by atoms with Gasteiger partial charge in [-0.15, -0.1) is 24.0 Å². The summed E-state index contributed by atoms with van der Waals surface area (Å²) in [5, 5.41) is 4.37. The molecule has 0 amide bonds. The van der Waals surface area contributed by atoms with Gasteiger partial charge in [0, 0.05) is 18.5 Å². The summed E-state index contributed by atoms with van der Waals surface area (Å²) in [6.45, 7) is 6.40. The summed E-state index contributed by atoms with van der Waals surface area (Å²) >= 11 is 1.77. The van der Waals surface area contributed by atoms with Gasteiger partial charge in [-0.3, -0.25) is 4.99 Å². The summed E-state index contributed by atoms with van der Waals surface area (Å²) in [6, 6.07) is 6.41. The first-order valence-corrected chi connectivity index (χ1v) is 6.59. The van der Waals surface area contributed by atoms with E-state index in [0.29, 0.717) is 0 Å². The van der Waals surface area contributed by atoms with Crippen LogP contribution in [0.25, 0.3) is 0 Å². The number of nitrogens with one attached hydrogen (secondary N) is 1. The van der Waals surface area contributed by atoms with Gasteiger partial charge < -0.3 is 5.32 Å². The first-order valence-electron chi connectivity index (χ1n) is 5.61. The molecule has 2 nitrogen and oxygen atoms in total. The van der Waals surface area contributed by atoms with E-state index >= 15 is 0 Å². The van der Waals surface area contributed by atoms with Gasteiger partial charge in [-0.05, 0) is 31.9 Å². The number of aryl methyl sites for hydroxylation is 2. The molecule has 0 fully saturated rings. The molecule has 0 heterocycles. The lowest BCUT2D eigenvalue weighted by molar-refractivity contribution is 1.11. The first kappa shape index (κ1) is 16.8. The maximum absolute atomic E-state index is 4.25. The van der Waals surface area contributed by atoms with E-state index in [4.69, 9.17) is 0 Å². The number of anilines is 1. The summed E-state index contributed by atoms with van der Waals surface area (Å²) in [7, 11) is 1.83. The highest BCUT2D eigenvalue weighted by Crippen LogP contribution is 2.18. The fourth-order valence-corrected chi connectivity index (χ4v) is 2.13. The SMILES string of the molecule is CCCSC(=NC)Nc1ccc(C)cc1C.I. The highest BCUT2D eigenvalue weighted by molar-refractivity contribution is 14.0. The predicted molar refractivity (Wildman–Crippen MR) is 91.1 cm³/mol. The van der Waals surface area contributed by atoms with E-state index in [0.717, 1.165) is 23.0 Å². The summed E-state index contributed by atoms with van der Waals surface area (Å²) in [6.07, 6.45) is 1.16. The quantitative estimate of drug-likeness (QED) is 0.486. The maximum Gasteiger partial charge on any atom is 0.160 e. The average Bonchev–Trinajstić information content (AvgIpc) is 2.27. The van der Waals surface area contributed by atoms with Crippen molar-refractivity contribution in [1.82, 2.24) is 0 Å². The van der Waals surface area contributed by atoms with E-state index in [1.165, 1.54) is 11.1 Å². The highest BCUT2D eigenvalue weighted by Gasteiger charge is 2.02. The van der Waals surface area contributed by atoms with Crippen LogP contribution >= 0.6 is 35.7 Å². The van der Waals surface area contributed by atoms with Crippen LogP contribution < -0.4 is 5.32 Å². The number of benzene rings is 1. The third-order valence-corrected chi connectivity index (χ3v) is 3.44. The summed E-state index contributed by atoms with van der Waals surface area (Å²) in [5.41, 5.74) is 3.70. The van der Waals surface area contributed by atoms with Gasteiger partial charge in [0.2, 0.25) is 0 Å². The monoisotopic (exact) mass is 364 g/mol. The fraction of sp³-hybridized carbons (Fsp3) is 0.462. The number of hydrogen-bond acceptors (Lipinski definition) is 2. The Morgan fingerprint density at radius 3 is 2.59 bits per heavy atom. The Hall–Kier alpha value is -0.230. The van der Waals surface area contributed by atoms with Crippen molar-refractivity contribution < 1.29 is 0 Å². The van der Waals surface area contributed by atoms with Crippen molar-refractivity contribution in [3.8, 4) is 0 Å². The Morgan fingerprint density at radius 1 is 1.35 bits per heavy atom. The Balaban J connectivity index is 0.00000256. The highest BCUT2D eigenvalue weighted by atomic mass is 127. The van der Waals surface area contributed by atoms with Gasteiger partial charge in [0.05, 0.1) is 0 Å². The third kappa shape index (κ3) is 5.77. The van der Waals surface area contributed by atoms with Crippen molar-refractivity contribution in [2.24, 2.45) is 4.99 Å². The number of halogens is 1. The van der Waals surface area contributed by atoms with Crippen molar-refractivity contribution in [1.29, 1.82) is 0 Å². The predicted octanol–water partition coefficient (Wildman–Crippen LogP) is 4.46. The standard InChI is InChI=1S/C13H20N2S.HI/c1-5-8-16-13(14-4)15-12-7-6-10(2)9-11(12)3;/h6-7,9H,5,8H2,1-4H3,(H,14,15);1H. The lowest BCUT2D eigenvalue weighted by atomic mass is 10.1. The molecule has 0 aliphatic heterocycles. The van der Waals surface area contributed by atoms with E-state index in [2.05, 4.69) is 49.3 Å². The molecule has 0 saturated carbocycles. The number of aliphatic imine (C=N–C) groups is 1. The van der Waals surface area contributed by atoms with Crippen LogP contribution in [0.1, 0.15) is 24.5 Å². The number of rotatable bonds is 3. The van der Waals surface area contributed by atoms with E-state index in [-0.39, 0.29) is 24.0 Å². The zero-order valence-electron chi connectivity index (χ0n) is 10.9. The van der Waals surface area contributed by atoms with Gasteiger partial charge in [-0.2, -0.15) is 0 Å². The molecule has 1 aromatic rings. The van der Waals surface area contributed by atoms with Crippen LogP contribution in [0.4, 0.5) is 5.69 Å². The molecule has 0 bridgehead atoms. The molecule has 0 aliphatic rings. The van der Waals surface area contributed by atoms with E-state index < -0.39 is 0 Å². The number of hydrogen-bond donors (Lipinski definition) is 1. The van der Waals surface area contributed by atoms with Crippen LogP contribution in [-0.2, 0) is 0 Å². The van der Waals surface area contributed by atoms with Gasteiger partial charge in [-0.1, -0.05) is 36.4 Å². The third-order valence-electron chi connectivity index (χ3n) is 2.27. The summed E-state index contributed by atoms with van der Waals surface area (Å²) in [5.74, 6) is 1.10. The number of amidine groups is 1. The van der Waals surface area contributed by atoms with Crippen LogP contribution in [0.15, 0.2) is 23.2 Å². The molecular formula is C13H21IN2S. The van der Waals surface area contributed by atoms with E-state index in [1.54, 1.807) is 11.8 Å². The molecule has 0 radical (unpaired) electrons. The molecule has 1 N–H and O–H groups in total. The van der Waals surface area contributed by atoms with Crippen LogP contribution in [-0.4, -0.2) is 18.0 Å². The maximum atomic E-state index is 4.25. The molecule has 0 saturated heterocycles. The molecule has 17 heavy (non-hydrogen) atoms. The van der Waals surface area contributed by atoms with Crippen LogP contribution in [0.3, 0.4) is 0 Å². The zero-order valence-corrected chi connectivity index (χ0v) is 14.1. The molecule has 1 aromatic carbocycles. The average molecular weight is 364 g/mol. The lowest BCUT2D eigenvalue weighted by Crippen LogP contribution is -2.09. The smallest absolute Gasteiger partial charge is 0.160 e. The minimum Gasteiger partial charge on any atom is -0.335 e. The Morgan fingerprint density at radius 2 is 2.06 bits per heavy atom. The first-order chi connectivity index (χ1) is 7.67. The molecule has 1 rings (SSSR count). The minimum atomic E-state index is 0. The van der Waals surface area contributed by atoms with Gasteiger partial charge in [-0.25, -0.2) is 0 Å². The molecule has 0 aromatic heterocycles. The Bertz CT molecular complexity index is 378. The molecule has 0 unspecified atom stereocenters. The zero-order chi connectivity index (χ0) is 12.0. The summed E-state index contributed by atoms with van der Waals surface area (Å²) in [4.78, 5) is 4.25. The van der Waals surface area contributed by atoms with E-state index in [9.17, 15) is 0 Å². The Kier molecular flexibility index (Phi) is 8.68. The fourth-order valence-electron chi connectivity index (χ4n) is 1.42. The molecular weight excluding hydrogens is 343 g/mol. The molecule has 4 heteroatoms. The second kappa shape index (κ2) is 8.80. The van der Waals surface area contributed by atoms with Crippen LogP contribution in [0.2, 0.25) is 0 Å². The normalized spacial score (nSPS) is 10.9. The molecule has 0 aliphatic carbocycles. The number of thioether (sulfide) groups is 1. The van der Waals surface area contributed by atoms with Crippen molar-refractivity contribution >= 4 is 46.6 Å². The van der Waals surface area contributed by atoms with Gasteiger partial charge in [0.15, 0.2) is 5.17 Å². The molecule has 0 spiro atoms. The van der Waals surface area contributed by atoms with Crippen LogP contribution in [0.5, 0.6) is 0 Å². The molecule has 0 atom stereocenters. The molecule has 96 valence electrons. The van der Waals surface area contributed by atoms with Crippen molar-refractivity contribution in [3.05, 3.63) is 29.3 Å².